The van der Waals surface area contributed by atoms with Gasteiger partial charge in [0.25, 0.3) is 0 Å². The smallest absolute Gasteiger partial charge is 0.363 e. The number of hydrogen-bond donors (Lipinski definition) is 1. The zero-order chi connectivity index (χ0) is 12.6. The van der Waals surface area contributed by atoms with Gasteiger partial charge in [0.2, 0.25) is 0 Å². The van der Waals surface area contributed by atoms with Crippen LogP contribution >= 0.6 is 31.9 Å². The SMILES string of the molecule is CC1=N/C(=C/C2=CC(Br)=C[C@H](Br)[C@H]2O)C(=O)O1. The predicted molar refractivity (Wildman–Crippen MR) is 71.1 cm³/mol. The highest BCUT2D eigenvalue weighted by molar-refractivity contribution is 9.12. The van der Waals surface area contributed by atoms with E-state index in [1.165, 1.54) is 6.08 Å². The molecule has 1 aliphatic heterocycles. The number of cyclic esters (lactones) is 1. The standard InChI is InChI=1S/C11H9Br2NO3/c1-5-14-9(11(16)17-5)3-6-2-7(12)4-8(13)10(6)15/h2-4,8,10,15H,1H3/b9-3+/t8-,10-/m0/s1. The van der Waals surface area contributed by atoms with Gasteiger partial charge in [0.05, 0.1) is 10.9 Å². The first-order chi connectivity index (χ1) is 7.97. The Balaban J connectivity index is 2.33. The molecule has 0 unspecified atom stereocenters. The second kappa shape index (κ2) is 4.88. The third-order valence-corrected chi connectivity index (χ3v) is 3.56. The largest absolute Gasteiger partial charge is 0.407 e. The fraction of sp³-hybridized carbons (Fsp3) is 0.273. The van der Waals surface area contributed by atoms with E-state index >= 15 is 0 Å². The second-order valence-corrected chi connectivity index (χ2v) is 5.61. The Hall–Kier alpha value is -0.720. The number of alkyl halides is 1. The molecule has 0 aromatic heterocycles. The third kappa shape index (κ3) is 2.75. The zero-order valence-corrected chi connectivity index (χ0v) is 12.0. The number of carbonyl (C=O) groups excluding carboxylic acids is 1. The number of carbonyl (C=O) groups is 1. The maximum atomic E-state index is 11.4. The topological polar surface area (TPSA) is 58.9 Å². The van der Waals surface area contributed by atoms with Crippen LogP contribution in [-0.4, -0.2) is 27.9 Å². The third-order valence-electron chi connectivity index (χ3n) is 2.30. The van der Waals surface area contributed by atoms with Crippen molar-refractivity contribution in [3.63, 3.8) is 0 Å². The zero-order valence-electron chi connectivity index (χ0n) is 8.85. The number of ether oxygens (including phenoxy) is 1. The molecule has 2 atom stereocenters. The lowest BCUT2D eigenvalue weighted by atomic mass is 10.0. The molecule has 4 nitrogen and oxygen atoms in total. The van der Waals surface area contributed by atoms with Gasteiger partial charge in [-0.2, -0.15) is 0 Å². The van der Waals surface area contributed by atoms with Gasteiger partial charge in [-0.1, -0.05) is 37.9 Å². The van der Waals surface area contributed by atoms with Crippen molar-refractivity contribution in [1.82, 2.24) is 0 Å². The molecule has 17 heavy (non-hydrogen) atoms. The number of esters is 1. The Bertz CT molecular complexity index is 491. The van der Waals surface area contributed by atoms with E-state index in [4.69, 9.17) is 4.74 Å². The minimum absolute atomic E-state index is 0.198. The Morgan fingerprint density at radius 2 is 2.29 bits per heavy atom. The van der Waals surface area contributed by atoms with Crippen molar-refractivity contribution >= 4 is 43.7 Å². The van der Waals surface area contributed by atoms with E-state index in [0.717, 1.165) is 4.48 Å². The van der Waals surface area contributed by atoms with Crippen LogP contribution in [0.3, 0.4) is 0 Å². The van der Waals surface area contributed by atoms with Crippen LogP contribution in [0.5, 0.6) is 0 Å². The molecule has 2 aliphatic rings. The van der Waals surface area contributed by atoms with Crippen LogP contribution in [0.1, 0.15) is 6.92 Å². The van der Waals surface area contributed by atoms with Crippen molar-refractivity contribution < 1.29 is 14.6 Å². The Kier molecular flexibility index (Phi) is 3.65. The minimum Gasteiger partial charge on any atom is -0.407 e. The molecule has 0 saturated heterocycles. The summed E-state index contributed by atoms with van der Waals surface area (Å²) >= 11 is 6.67. The molecule has 2 rings (SSSR count). The van der Waals surface area contributed by atoms with Crippen LogP contribution in [0.25, 0.3) is 0 Å². The van der Waals surface area contributed by atoms with Crippen LogP contribution in [0, 0.1) is 0 Å². The first-order valence-corrected chi connectivity index (χ1v) is 6.58. The summed E-state index contributed by atoms with van der Waals surface area (Å²) < 4.78 is 5.64. The molecule has 90 valence electrons. The van der Waals surface area contributed by atoms with Crippen molar-refractivity contribution in [2.45, 2.75) is 17.9 Å². The lowest BCUT2D eigenvalue weighted by molar-refractivity contribution is -0.130. The highest BCUT2D eigenvalue weighted by Crippen LogP contribution is 2.28. The van der Waals surface area contributed by atoms with Gasteiger partial charge in [-0.05, 0) is 17.7 Å². The molecule has 1 aliphatic carbocycles. The summed E-state index contributed by atoms with van der Waals surface area (Å²) in [4.78, 5) is 15.1. The quantitative estimate of drug-likeness (QED) is 0.442. The summed E-state index contributed by atoms with van der Waals surface area (Å²) in [6.07, 6.45) is 4.39. The minimum atomic E-state index is -0.715. The van der Waals surface area contributed by atoms with Gasteiger partial charge in [0.15, 0.2) is 11.6 Å². The molecule has 1 heterocycles. The van der Waals surface area contributed by atoms with Gasteiger partial charge in [-0.3, -0.25) is 0 Å². The van der Waals surface area contributed by atoms with E-state index in [1.807, 2.05) is 6.08 Å². The van der Waals surface area contributed by atoms with Gasteiger partial charge in [-0.15, -0.1) is 0 Å². The van der Waals surface area contributed by atoms with E-state index in [9.17, 15) is 9.90 Å². The van der Waals surface area contributed by atoms with Crippen molar-refractivity contribution in [2.75, 3.05) is 0 Å². The highest BCUT2D eigenvalue weighted by atomic mass is 79.9. The summed E-state index contributed by atoms with van der Waals surface area (Å²) in [5, 5.41) is 9.94. The van der Waals surface area contributed by atoms with Gasteiger partial charge in [-0.25, -0.2) is 9.79 Å². The summed E-state index contributed by atoms with van der Waals surface area (Å²) in [6, 6.07) is 0. The number of rotatable bonds is 1. The van der Waals surface area contributed by atoms with Crippen LogP contribution < -0.4 is 0 Å². The first kappa shape index (κ1) is 12.7. The maximum absolute atomic E-state index is 11.4. The molecular formula is C11H9Br2NO3. The van der Waals surface area contributed by atoms with E-state index in [-0.39, 0.29) is 10.5 Å². The number of hydrogen-bond acceptors (Lipinski definition) is 4. The molecule has 0 radical (unpaired) electrons. The molecule has 6 heteroatoms. The average Bonchev–Trinajstić information content (AvgIpc) is 2.53. The van der Waals surface area contributed by atoms with Crippen molar-refractivity contribution in [1.29, 1.82) is 0 Å². The number of aliphatic hydroxyl groups excluding tert-OH is 1. The van der Waals surface area contributed by atoms with Crippen molar-refractivity contribution in [3.8, 4) is 0 Å². The van der Waals surface area contributed by atoms with Crippen molar-refractivity contribution in [2.24, 2.45) is 4.99 Å². The van der Waals surface area contributed by atoms with Gasteiger partial charge in [0, 0.05) is 11.4 Å². The number of aliphatic imine (C=N–C) groups is 1. The average molecular weight is 363 g/mol. The monoisotopic (exact) mass is 361 g/mol. The molecule has 0 aromatic rings. The van der Waals surface area contributed by atoms with E-state index in [2.05, 4.69) is 36.9 Å². The van der Waals surface area contributed by atoms with Crippen LogP contribution in [0.4, 0.5) is 0 Å². The van der Waals surface area contributed by atoms with Gasteiger partial charge < -0.3 is 9.84 Å². The predicted octanol–water partition coefficient (Wildman–Crippen LogP) is 2.19. The number of aliphatic hydroxyl groups is 1. The summed E-state index contributed by atoms with van der Waals surface area (Å²) in [6.45, 7) is 1.60. The highest BCUT2D eigenvalue weighted by Gasteiger charge is 2.25. The maximum Gasteiger partial charge on any atom is 0.363 e. The van der Waals surface area contributed by atoms with Gasteiger partial charge in [0.1, 0.15) is 0 Å². The lowest BCUT2D eigenvalue weighted by Gasteiger charge is -2.20. The lowest BCUT2D eigenvalue weighted by Crippen LogP contribution is -2.23. The Labute approximate surface area is 115 Å². The normalized spacial score (nSPS) is 30.9. The van der Waals surface area contributed by atoms with Crippen molar-refractivity contribution in [3.05, 3.63) is 34.0 Å². The molecule has 0 fully saturated rings. The summed E-state index contributed by atoms with van der Waals surface area (Å²) in [5.74, 6) is -0.176. The second-order valence-electron chi connectivity index (χ2n) is 3.64. The summed E-state index contributed by atoms with van der Waals surface area (Å²) in [7, 11) is 0. The van der Waals surface area contributed by atoms with E-state index < -0.39 is 12.1 Å². The van der Waals surface area contributed by atoms with Crippen LogP contribution in [0.15, 0.2) is 39.0 Å². The summed E-state index contributed by atoms with van der Waals surface area (Å²) in [5.41, 5.74) is 0.807. The fourth-order valence-electron chi connectivity index (χ4n) is 1.52. The number of nitrogens with zero attached hydrogens (tertiary/aromatic N) is 1. The number of halogens is 2. The fourth-order valence-corrected chi connectivity index (χ4v) is 3.01. The molecule has 1 N–H and O–H groups in total. The molecule has 0 bridgehead atoms. The molecule has 0 spiro atoms. The first-order valence-electron chi connectivity index (χ1n) is 4.87. The van der Waals surface area contributed by atoms with Crippen LogP contribution in [-0.2, 0) is 9.53 Å². The molecule has 0 aromatic carbocycles. The Morgan fingerprint density at radius 3 is 2.88 bits per heavy atom. The molecular weight excluding hydrogens is 354 g/mol. The molecule has 0 amide bonds. The van der Waals surface area contributed by atoms with Crippen LogP contribution in [0.2, 0.25) is 0 Å². The Morgan fingerprint density at radius 1 is 1.59 bits per heavy atom. The van der Waals surface area contributed by atoms with E-state index in [0.29, 0.717) is 11.5 Å². The number of allylic oxidation sites excluding steroid dienone is 2. The molecule has 0 saturated carbocycles. The van der Waals surface area contributed by atoms with Gasteiger partial charge >= 0.3 is 5.97 Å². The van der Waals surface area contributed by atoms with E-state index in [1.54, 1.807) is 13.0 Å².